The van der Waals surface area contributed by atoms with Gasteiger partial charge in [0.1, 0.15) is 0 Å². The molecule has 4 nitrogen and oxygen atoms in total. The quantitative estimate of drug-likeness (QED) is 0.454. The third-order valence-electron chi connectivity index (χ3n) is 4.67. The van der Waals surface area contributed by atoms with Gasteiger partial charge < -0.3 is 10.3 Å². The van der Waals surface area contributed by atoms with Crippen LogP contribution in [0, 0.1) is 18.8 Å². The predicted molar refractivity (Wildman–Crippen MR) is 102 cm³/mol. The van der Waals surface area contributed by atoms with Crippen LogP contribution in [0.3, 0.4) is 0 Å². The largest absolute Gasteiger partial charge is 0.317 e. The van der Waals surface area contributed by atoms with E-state index in [-0.39, 0.29) is 40.0 Å². The Kier molecular flexibility index (Phi) is 7.87. The Hall–Kier alpha value is -1.17. The number of nitrogens with one attached hydrogen (secondary N) is 1. The van der Waals surface area contributed by atoms with E-state index >= 15 is 0 Å². The van der Waals surface area contributed by atoms with Gasteiger partial charge in [-0.25, -0.2) is 4.39 Å². The standard InChI is InChI=1S/C18H20FN4.C2H4.Y.H2/c1-12-8-15-17(16(19)9-12)21-10-13-11-22-23(18(13)15)14-4-2-6-20-7-3-5-14;1-2;;/h8,10-11,14,20H,2-7H2,1H3;1-2H2;;1H/q-1;;;. The van der Waals surface area contributed by atoms with Crippen LogP contribution in [-0.2, 0) is 32.7 Å². The summed E-state index contributed by atoms with van der Waals surface area (Å²) in [5.74, 6) is -0.378. The summed E-state index contributed by atoms with van der Waals surface area (Å²) in [6, 6.07) is 5.06. The second kappa shape index (κ2) is 9.68. The number of rotatable bonds is 1. The third-order valence-corrected chi connectivity index (χ3v) is 4.67. The molecular weight excluding hydrogens is 404 g/mol. The minimum Gasteiger partial charge on any atom is -0.317 e. The number of hydrogen-bond donors (Lipinski definition) is 1. The number of halogens is 1. The van der Waals surface area contributed by atoms with Gasteiger partial charge in [0.15, 0.2) is 0 Å². The molecule has 6 heteroatoms. The summed E-state index contributed by atoms with van der Waals surface area (Å²) in [6.07, 6.45) is 8.02. The van der Waals surface area contributed by atoms with Gasteiger partial charge in [-0.05, 0) is 44.3 Å². The molecule has 0 amide bonds. The van der Waals surface area contributed by atoms with Crippen molar-refractivity contribution in [2.75, 3.05) is 13.1 Å². The molecule has 137 valence electrons. The molecule has 3 aromatic rings. The molecule has 1 aliphatic rings. The Bertz CT molecular complexity index is 875. The number of aryl methyl sites for hydroxylation is 1. The van der Waals surface area contributed by atoms with Crippen LogP contribution in [0.25, 0.3) is 21.8 Å². The summed E-state index contributed by atoms with van der Waals surface area (Å²) < 4.78 is 16.3. The Labute approximate surface area is 180 Å². The van der Waals surface area contributed by atoms with Crippen molar-refractivity contribution in [3.05, 3.63) is 49.1 Å². The predicted octanol–water partition coefficient (Wildman–Crippen LogP) is 4.58. The minimum absolute atomic E-state index is 0. The van der Waals surface area contributed by atoms with Crippen molar-refractivity contribution in [1.29, 1.82) is 0 Å². The molecule has 1 N–H and O–H groups in total. The van der Waals surface area contributed by atoms with Crippen LogP contribution in [0.2, 0.25) is 0 Å². The first kappa shape index (κ1) is 21.1. The van der Waals surface area contributed by atoms with E-state index in [4.69, 9.17) is 0 Å². The first-order chi connectivity index (χ1) is 12.2. The molecule has 3 heterocycles. The van der Waals surface area contributed by atoms with E-state index < -0.39 is 0 Å². The third kappa shape index (κ3) is 4.21. The molecule has 0 aliphatic carbocycles. The van der Waals surface area contributed by atoms with E-state index in [1.807, 2.05) is 19.2 Å². The van der Waals surface area contributed by atoms with Crippen LogP contribution in [0.15, 0.2) is 31.6 Å². The van der Waals surface area contributed by atoms with Gasteiger partial charge in [0.05, 0.1) is 17.8 Å². The van der Waals surface area contributed by atoms with Crippen molar-refractivity contribution in [3.8, 4) is 0 Å². The first-order valence-electron chi connectivity index (χ1n) is 8.79. The molecule has 2 aromatic heterocycles. The average molecular weight is 430 g/mol. The van der Waals surface area contributed by atoms with Crippen LogP contribution in [0.1, 0.15) is 38.7 Å². The zero-order valence-corrected chi connectivity index (χ0v) is 18.1. The molecule has 1 radical (unpaired) electrons. The van der Waals surface area contributed by atoms with Gasteiger partial charge in [0.2, 0.25) is 0 Å². The molecule has 1 aromatic carbocycles. The number of nitrogens with zero attached hydrogens (tertiary/aromatic N) is 3. The van der Waals surface area contributed by atoms with Gasteiger partial charge in [0.25, 0.3) is 0 Å². The molecule has 1 fully saturated rings. The second-order valence-electron chi connectivity index (χ2n) is 6.37. The van der Waals surface area contributed by atoms with E-state index in [0.717, 1.165) is 60.6 Å². The molecule has 0 saturated carbocycles. The fourth-order valence-corrected chi connectivity index (χ4v) is 3.58. The average Bonchev–Trinajstić information content (AvgIpc) is 3.01. The Morgan fingerprint density at radius 3 is 2.65 bits per heavy atom. The van der Waals surface area contributed by atoms with Crippen molar-refractivity contribution in [2.24, 2.45) is 0 Å². The van der Waals surface area contributed by atoms with Crippen molar-refractivity contribution in [1.82, 2.24) is 20.1 Å². The minimum atomic E-state index is -0.378. The van der Waals surface area contributed by atoms with Gasteiger partial charge in [-0.15, -0.1) is 19.2 Å². The fraction of sp³-hybridized carbons (Fsp3) is 0.400. The Balaban J connectivity index is 0.000000883. The maximum absolute atomic E-state index is 14.2. The normalized spacial score (nSPS) is 15.6. The molecule has 26 heavy (non-hydrogen) atoms. The molecule has 0 bridgehead atoms. The number of pyridine rings is 1. The first-order valence-corrected chi connectivity index (χ1v) is 8.79. The van der Waals surface area contributed by atoms with Crippen LogP contribution in [0.4, 0.5) is 4.39 Å². The molecular formula is C20H26FN4Y-. The van der Waals surface area contributed by atoms with E-state index in [9.17, 15) is 4.39 Å². The SMILES string of the molecule is C=C.Cc1[c-]c(F)c2ncc3cnn(C4CCCNCCC4)c3c2c1.[HH].[Y]. The Morgan fingerprint density at radius 2 is 1.96 bits per heavy atom. The van der Waals surface area contributed by atoms with Crippen LogP contribution < -0.4 is 5.32 Å². The molecule has 0 unspecified atom stereocenters. The van der Waals surface area contributed by atoms with Crippen molar-refractivity contribution in [2.45, 2.75) is 38.6 Å². The zero-order valence-electron chi connectivity index (χ0n) is 15.3. The van der Waals surface area contributed by atoms with Crippen molar-refractivity contribution < 1.29 is 38.5 Å². The Morgan fingerprint density at radius 1 is 1.27 bits per heavy atom. The summed E-state index contributed by atoms with van der Waals surface area (Å²) in [4.78, 5) is 4.27. The molecule has 1 saturated heterocycles. The van der Waals surface area contributed by atoms with Gasteiger partial charge in [-0.2, -0.15) is 16.7 Å². The summed E-state index contributed by atoms with van der Waals surface area (Å²) >= 11 is 0. The van der Waals surface area contributed by atoms with Crippen LogP contribution >= 0.6 is 0 Å². The number of hydrogen-bond acceptors (Lipinski definition) is 3. The smallest absolute Gasteiger partial charge is 0.0583 e. The van der Waals surface area contributed by atoms with E-state index in [1.165, 1.54) is 0 Å². The van der Waals surface area contributed by atoms with Crippen molar-refractivity contribution >= 4 is 21.8 Å². The number of fused-ring (bicyclic) bond motifs is 3. The summed E-state index contributed by atoms with van der Waals surface area (Å²) in [5, 5.41) is 9.88. The van der Waals surface area contributed by atoms with Crippen molar-refractivity contribution in [3.63, 3.8) is 0 Å². The van der Waals surface area contributed by atoms with Crippen LogP contribution in [-0.4, -0.2) is 27.9 Å². The number of benzene rings is 1. The van der Waals surface area contributed by atoms with Crippen LogP contribution in [0.5, 0.6) is 0 Å². The van der Waals surface area contributed by atoms with E-state index in [1.54, 1.807) is 6.20 Å². The zero-order chi connectivity index (χ0) is 17.8. The van der Waals surface area contributed by atoms with E-state index in [0.29, 0.717) is 11.6 Å². The van der Waals surface area contributed by atoms with Gasteiger partial charge in [0, 0.05) is 51.5 Å². The topological polar surface area (TPSA) is 42.7 Å². The molecule has 0 spiro atoms. The van der Waals surface area contributed by atoms with Gasteiger partial charge in [-0.1, -0.05) is 12.3 Å². The monoisotopic (exact) mass is 430 g/mol. The molecule has 4 rings (SSSR count). The number of aromatic nitrogens is 3. The summed E-state index contributed by atoms with van der Waals surface area (Å²) in [5.41, 5.74) is 2.18. The van der Waals surface area contributed by atoms with Gasteiger partial charge in [-0.3, -0.25) is 4.68 Å². The van der Waals surface area contributed by atoms with E-state index in [2.05, 4.69) is 39.3 Å². The second-order valence-corrected chi connectivity index (χ2v) is 6.37. The summed E-state index contributed by atoms with van der Waals surface area (Å²) in [6.45, 7) is 9.98. The maximum Gasteiger partial charge on any atom is 0.0583 e. The molecule has 0 atom stereocenters. The van der Waals surface area contributed by atoms with Gasteiger partial charge >= 0.3 is 0 Å². The maximum atomic E-state index is 14.2. The molecule has 1 aliphatic heterocycles. The fourth-order valence-electron chi connectivity index (χ4n) is 3.58. The summed E-state index contributed by atoms with van der Waals surface area (Å²) in [7, 11) is 0.